The van der Waals surface area contributed by atoms with E-state index in [1.807, 2.05) is 18.2 Å². The van der Waals surface area contributed by atoms with Crippen LogP contribution >= 0.6 is 0 Å². The van der Waals surface area contributed by atoms with Crippen LogP contribution in [0.15, 0.2) is 24.3 Å². The van der Waals surface area contributed by atoms with Crippen molar-refractivity contribution in [3.63, 3.8) is 0 Å². The van der Waals surface area contributed by atoms with E-state index in [1.54, 1.807) is 6.07 Å². The normalized spacial score (nSPS) is 17.4. The van der Waals surface area contributed by atoms with E-state index in [-0.39, 0.29) is 6.54 Å². The van der Waals surface area contributed by atoms with Crippen LogP contribution in [-0.2, 0) is 16.0 Å². The molecule has 0 saturated heterocycles. The predicted octanol–water partition coefficient (Wildman–Crippen LogP) is 0.491. The molecule has 16 heavy (non-hydrogen) atoms. The average Bonchev–Trinajstić information content (AvgIpc) is 2.68. The first-order chi connectivity index (χ1) is 7.70. The Morgan fingerprint density at radius 2 is 2.31 bits per heavy atom. The summed E-state index contributed by atoms with van der Waals surface area (Å²) in [6.45, 7) is -0.345. The maximum atomic E-state index is 10.8. The third-order valence-electron chi connectivity index (χ3n) is 2.45. The average molecular weight is 221 g/mol. The van der Waals surface area contributed by atoms with Crippen molar-refractivity contribution in [1.82, 2.24) is 4.90 Å². The maximum absolute atomic E-state index is 10.8. The van der Waals surface area contributed by atoms with Gasteiger partial charge in [-0.1, -0.05) is 18.2 Å². The number of hydrogen-bond acceptors (Lipinski definition) is 3. The molecule has 2 rings (SSSR count). The largest absolute Gasteiger partial charge is 0.480 e. The quantitative estimate of drug-likeness (QED) is 0.751. The molecular weight excluding hydrogens is 210 g/mol. The first-order valence-corrected chi connectivity index (χ1v) is 4.88. The van der Waals surface area contributed by atoms with E-state index in [0.717, 1.165) is 10.5 Å². The summed E-state index contributed by atoms with van der Waals surface area (Å²) in [6.07, 6.45) is 0.526. The third kappa shape index (κ3) is 1.98. The number of amides is 1. The van der Waals surface area contributed by atoms with Crippen LogP contribution in [0.3, 0.4) is 0 Å². The fourth-order valence-corrected chi connectivity index (χ4v) is 1.71. The smallest absolute Gasteiger partial charge is 0.323 e. The number of fused-ring (bicyclic) bond motifs is 1. The lowest BCUT2D eigenvalue weighted by atomic mass is 10.1. The predicted molar refractivity (Wildman–Crippen MR) is 55.0 cm³/mol. The van der Waals surface area contributed by atoms with Gasteiger partial charge in [-0.2, -0.15) is 0 Å². The van der Waals surface area contributed by atoms with E-state index in [4.69, 9.17) is 9.84 Å². The van der Waals surface area contributed by atoms with Gasteiger partial charge in [0.05, 0.1) is 0 Å². The Labute approximate surface area is 92.2 Å². The topological polar surface area (TPSA) is 66.8 Å². The van der Waals surface area contributed by atoms with Gasteiger partial charge in [-0.15, -0.1) is 0 Å². The minimum Gasteiger partial charge on any atom is -0.480 e. The maximum Gasteiger partial charge on any atom is 0.323 e. The molecule has 0 saturated carbocycles. The molecule has 0 radical (unpaired) electrons. The summed E-state index contributed by atoms with van der Waals surface area (Å²) in [6, 6.07) is 7.43. The van der Waals surface area contributed by atoms with Gasteiger partial charge >= 0.3 is 5.97 Å². The summed E-state index contributed by atoms with van der Waals surface area (Å²) in [5.74, 6) is -0.337. The molecule has 1 amide bonds. The Morgan fingerprint density at radius 1 is 1.56 bits per heavy atom. The second-order valence-electron chi connectivity index (χ2n) is 3.56. The molecule has 1 unspecified atom stereocenters. The van der Waals surface area contributed by atoms with E-state index in [2.05, 4.69) is 0 Å². The van der Waals surface area contributed by atoms with Crippen molar-refractivity contribution in [2.75, 3.05) is 6.54 Å². The number of para-hydroxylation sites is 1. The van der Waals surface area contributed by atoms with Gasteiger partial charge in [0, 0.05) is 6.42 Å². The zero-order valence-electron chi connectivity index (χ0n) is 8.50. The molecule has 1 N–H and O–H groups in total. The van der Waals surface area contributed by atoms with Crippen LogP contribution in [0.25, 0.3) is 0 Å². The Bertz CT molecular complexity index is 393. The summed E-state index contributed by atoms with van der Waals surface area (Å²) < 4.78 is 5.49. The highest BCUT2D eigenvalue weighted by atomic mass is 16.5. The summed E-state index contributed by atoms with van der Waals surface area (Å²) >= 11 is 0. The monoisotopic (exact) mass is 221 g/mol. The second-order valence-corrected chi connectivity index (χ2v) is 3.56. The number of carboxylic acids is 1. The summed E-state index contributed by atoms with van der Waals surface area (Å²) in [7, 11) is 0. The summed E-state index contributed by atoms with van der Waals surface area (Å²) in [5, 5.41) is 8.64. The third-order valence-corrected chi connectivity index (χ3v) is 2.45. The molecular formula is C11H11NO4. The molecule has 1 atom stereocenters. The van der Waals surface area contributed by atoms with Crippen molar-refractivity contribution in [2.24, 2.45) is 0 Å². The number of ether oxygens (including phenoxy) is 1. The van der Waals surface area contributed by atoms with Gasteiger partial charge in [-0.3, -0.25) is 14.5 Å². The van der Waals surface area contributed by atoms with Gasteiger partial charge in [0.1, 0.15) is 12.3 Å². The Balaban J connectivity index is 2.09. The van der Waals surface area contributed by atoms with Crippen molar-refractivity contribution in [2.45, 2.75) is 12.6 Å². The first kappa shape index (κ1) is 10.5. The number of carbonyl (C=O) groups excluding carboxylic acids is 1. The van der Waals surface area contributed by atoms with Gasteiger partial charge < -0.3 is 9.84 Å². The molecule has 0 aromatic heterocycles. The van der Waals surface area contributed by atoms with Crippen molar-refractivity contribution >= 4 is 12.4 Å². The molecule has 1 aliphatic rings. The zero-order chi connectivity index (χ0) is 11.5. The molecule has 0 aliphatic carbocycles. The summed E-state index contributed by atoms with van der Waals surface area (Å²) in [5.41, 5.74) is 0.990. The van der Waals surface area contributed by atoms with Crippen LogP contribution < -0.4 is 4.74 Å². The molecule has 0 bridgehead atoms. The minimum atomic E-state index is -1.05. The van der Waals surface area contributed by atoms with Gasteiger partial charge in [0.15, 0.2) is 6.23 Å². The van der Waals surface area contributed by atoms with E-state index in [1.165, 1.54) is 0 Å². The van der Waals surface area contributed by atoms with Crippen LogP contribution in [0.2, 0.25) is 0 Å². The molecule has 1 aromatic carbocycles. The van der Waals surface area contributed by atoms with E-state index >= 15 is 0 Å². The van der Waals surface area contributed by atoms with E-state index in [9.17, 15) is 9.59 Å². The van der Waals surface area contributed by atoms with Gasteiger partial charge in [0.2, 0.25) is 6.41 Å². The fourth-order valence-electron chi connectivity index (χ4n) is 1.71. The molecule has 1 aromatic rings. The van der Waals surface area contributed by atoms with Crippen LogP contribution in [0, 0.1) is 0 Å². The van der Waals surface area contributed by atoms with Gasteiger partial charge in [-0.25, -0.2) is 0 Å². The lowest BCUT2D eigenvalue weighted by Gasteiger charge is -2.21. The first-order valence-electron chi connectivity index (χ1n) is 4.88. The second kappa shape index (κ2) is 4.22. The van der Waals surface area contributed by atoms with Crippen LogP contribution in [0.1, 0.15) is 5.56 Å². The number of nitrogens with zero attached hydrogens (tertiary/aromatic N) is 1. The zero-order valence-corrected chi connectivity index (χ0v) is 8.50. The molecule has 5 nitrogen and oxygen atoms in total. The van der Waals surface area contributed by atoms with Crippen LogP contribution in [0.4, 0.5) is 0 Å². The van der Waals surface area contributed by atoms with Crippen LogP contribution in [0.5, 0.6) is 5.75 Å². The highest BCUT2D eigenvalue weighted by Gasteiger charge is 2.28. The number of hydrogen-bond donors (Lipinski definition) is 1. The van der Waals surface area contributed by atoms with Crippen molar-refractivity contribution in [3.8, 4) is 5.75 Å². The standard InChI is InChI=1S/C11H11NO4/c13-7-12(6-11(14)15)10-5-8-3-1-2-4-9(8)16-10/h1-4,7,10H,5-6H2,(H,14,15). The molecule has 0 fully saturated rings. The Morgan fingerprint density at radius 3 is 2.94 bits per heavy atom. The van der Waals surface area contributed by atoms with Gasteiger partial charge in [-0.05, 0) is 11.6 Å². The SMILES string of the molecule is O=CN(CC(=O)O)C1Cc2ccccc2O1. The number of benzene rings is 1. The highest BCUT2D eigenvalue weighted by Crippen LogP contribution is 2.29. The molecule has 1 heterocycles. The highest BCUT2D eigenvalue weighted by molar-refractivity contribution is 5.72. The fraction of sp³-hybridized carbons (Fsp3) is 0.273. The Kier molecular flexibility index (Phi) is 2.76. The Hall–Kier alpha value is -2.04. The van der Waals surface area contributed by atoms with Crippen LogP contribution in [-0.4, -0.2) is 35.2 Å². The number of aliphatic carboxylic acids is 1. The lowest BCUT2D eigenvalue weighted by Crippen LogP contribution is -2.40. The summed E-state index contributed by atoms with van der Waals surface area (Å²) in [4.78, 5) is 22.4. The van der Waals surface area contributed by atoms with Crippen molar-refractivity contribution in [3.05, 3.63) is 29.8 Å². The number of rotatable bonds is 4. The van der Waals surface area contributed by atoms with Crippen molar-refractivity contribution < 1.29 is 19.4 Å². The molecule has 0 spiro atoms. The number of carbonyl (C=O) groups is 2. The van der Waals surface area contributed by atoms with Crippen molar-refractivity contribution in [1.29, 1.82) is 0 Å². The number of carboxylic acid groups (broad SMARTS) is 1. The van der Waals surface area contributed by atoms with Gasteiger partial charge in [0.25, 0.3) is 0 Å². The van der Waals surface area contributed by atoms with E-state index in [0.29, 0.717) is 18.6 Å². The molecule has 1 aliphatic heterocycles. The molecule has 84 valence electrons. The minimum absolute atomic E-state index is 0.345. The van der Waals surface area contributed by atoms with E-state index < -0.39 is 12.2 Å². The lowest BCUT2D eigenvalue weighted by molar-refractivity contribution is -0.144. The molecule has 5 heteroatoms.